The molecule has 0 aliphatic rings. The number of esters is 1. The first kappa shape index (κ1) is 23.0. The van der Waals surface area contributed by atoms with E-state index in [1.54, 1.807) is 26.0 Å². The maximum absolute atomic E-state index is 12.5. The molecule has 1 N–H and O–H groups in total. The Labute approximate surface area is 189 Å². The van der Waals surface area contributed by atoms with Gasteiger partial charge in [-0.15, -0.1) is 0 Å². The number of furan rings is 1. The summed E-state index contributed by atoms with van der Waals surface area (Å²) in [6.45, 7) is 3.70. The third-order valence-corrected chi connectivity index (χ3v) is 4.55. The van der Waals surface area contributed by atoms with Crippen molar-refractivity contribution in [3.63, 3.8) is 0 Å². The Morgan fingerprint density at radius 3 is 2.55 bits per heavy atom. The van der Waals surface area contributed by atoms with Gasteiger partial charge in [-0.1, -0.05) is 6.07 Å². The Morgan fingerprint density at radius 2 is 1.91 bits per heavy atom. The van der Waals surface area contributed by atoms with Gasteiger partial charge in [0.05, 0.1) is 22.7 Å². The number of hydrogen-bond acceptors (Lipinski definition) is 7. The van der Waals surface area contributed by atoms with Crippen LogP contribution in [0.4, 0.5) is 11.4 Å². The van der Waals surface area contributed by atoms with E-state index in [2.05, 4.69) is 5.32 Å². The van der Waals surface area contributed by atoms with Crippen LogP contribution in [0.5, 0.6) is 0 Å². The van der Waals surface area contributed by atoms with Crippen molar-refractivity contribution in [2.45, 2.75) is 13.8 Å². The standard InChI is InChI=1S/C24H19N3O6/c1-3-32-24(29)16-5-7-18(8-6-16)26-23(28)17(14-25)13-19-9-11-22(33-19)20-10-4-15(2)12-21(20)27(30)31/h4-13H,3H2,1-2H3,(H,26,28)/b17-13+. The largest absolute Gasteiger partial charge is 0.462 e. The van der Waals surface area contributed by atoms with Crippen LogP contribution in [0.2, 0.25) is 0 Å². The Hall–Kier alpha value is -4.71. The van der Waals surface area contributed by atoms with Crippen molar-refractivity contribution in [1.82, 2.24) is 0 Å². The van der Waals surface area contributed by atoms with Gasteiger partial charge < -0.3 is 14.5 Å². The minimum Gasteiger partial charge on any atom is -0.462 e. The number of nitro benzene ring substituents is 1. The first-order valence-corrected chi connectivity index (χ1v) is 9.88. The van der Waals surface area contributed by atoms with E-state index in [1.807, 2.05) is 6.07 Å². The van der Waals surface area contributed by atoms with Crippen LogP contribution in [-0.4, -0.2) is 23.4 Å². The third kappa shape index (κ3) is 5.51. The number of hydrogen-bond donors (Lipinski definition) is 1. The van der Waals surface area contributed by atoms with E-state index in [4.69, 9.17) is 9.15 Å². The van der Waals surface area contributed by atoms with Crippen LogP contribution >= 0.6 is 0 Å². The van der Waals surface area contributed by atoms with E-state index in [9.17, 15) is 25.0 Å². The maximum Gasteiger partial charge on any atom is 0.338 e. The van der Waals surface area contributed by atoms with Crippen molar-refractivity contribution in [1.29, 1.82) is 5.26 Å². The molecule has 9 heteroatoms. The lowest BCUT2D eigenvalue weighted by molar-refractivity contribution is -0.384. The Balaban J connectivity index is 1.79. The lowest BCUT2D eigenvalue weighted by atomic mass is 10.1. The quantitative estimate of drug-likeness (QED) is 0.180. The average molecular weight is 445 g/mol. The van der Waals surface area contributed by atoms with Gasteiger partial charge in [-0.25, -0.2) is 4.79 Å². The molecule has 3 aromatic rings. The van der Waals surface area contributed by atoms with Crippen molar-refractivity contribution < 1.29 is 23.7 Å². The van der Waals surface area contributed by atoms with Gasteiger partial charge in [0.25, 0.3) is 11.6 Å². The molecule has 1 heterocycles. The molecule has 0 saturated heterocycles. The Bertz CT molecular complexity index is 1280. The molecular weight excluding hydrogens is 426 g/mol. The number of anilines is 1. The summed E-state index contributed by atoms with van der Waals surface area (Å²) in [5.41, 5.74) is 1.39. The van der Waals surface area contributed by atoms with Gasteiger partial charge in [-0.3, -0.25) is 14.9 Å². The third-order valence-electron chi connectivity index (χ3n) is 4.55. The fraction of sp³-hybridized carbons (Fsp3) is 0.125. The molecule has 0 saturated carbocycles. The zero-order valence-electron chi connectivity index (χ0n) is 17.8. The summed E-state index contributed by atoms with van der Waals surface area (Å²) in [5.74, 6) is -0.736. The minimum atomic E-state index is -0.680. The summed E-state index contributed by atoms with van der Waals surface area (Å²) in [4.78, 5) is 35.1. The lowest BCUT2D eigenvalue weighted by Crippen LogP contribution is -2.13. The van der Waals surface area contributed by atoms with Crippen LogP contribution in [0.1, 0.15) is 28.6 Å². The molecule has 0 aliphatic heterocycles. The molecule has 1 amide bonds. The monoisotopic (exact) mass is 445 g/mol. The number of benzene rings is 2. The molecule has 0 atom stereocenters. The summed E-state index contributed by atoms with van der Waals surface area (Å²) in [6.07, 6.45) is 1.24. The summed E-state index contributed by atoms with van der Waals surface area (Å²) >= 11 is 0. The topological polar surface area (TPSA) is 135 Å². The number of nitrogens with zero attached hydrogens (tertiary/aromatic N) is 2. The number of rotatable bonds is 7. The van der Waals surface area contributed by atoms with Gasteiger partial charge in [0.2, 0.25) is 0 Å². The fourth-order valence-corrected chi connectivity index (χ4v) is 2.97. The van der Waals surface area contributed by atoms with Crippen molar-refractivity contribution in [2.75, 3.05) is 11.9 Å². The van der Waals surface area contributed by atoms with Crippen LogP contribution in [0.3, 0.4) is 0 Å². The van der Waals surface area contributed by atoms with Crippen LogP contribution in [0.25, 0.3) is 17.4 Å². The SMILES string of the molecule is CCOC(=O)c1ccc(NC(=O)/C(C#N)=C/c2ccc(-c3ccc(C)cc3[N+](=O)[O-])o2)cc1. The van der Waals surface area contributed by atoms with Crippen molar-refractivity contribution in [3.8, 4) is 17.4 Å². The average Bonchev–Trinajstić information content (AvgIpc) is 3.26. The predicted octanol–water partition coefficient (Wildman–Crippen LogP) is 4.89. The van der Waals surface area contributed by atoms with Gasteiger partial charge in [-0.2, -0.15) is 5.26 Å². The molecule has 0 unspecified atom stereocenters. The predicted molar refractivity (Wildman–Crippen MR) is 120 cm³/mol. The molecule has 0 fully saturated rings. The first-order chi connectivity index (χ1) is 15.8. The van der Waals surface area contributed by atoms with Gasteiger partial charge >= 0.3 is 5.97 Å². The van der Waals surface area contributed by atoms with Crippen LogP contribution < -0.4 is 5.32 Å². The number of carbonyl (C=O) groups excluding carboxylic acids is 2. The summed E-state index contributed by atoms with van der Waals surface area (Å²) in [7, 11) is 0. The second-order valence-corrected chi connectivity index (χ2v) is 6.90. The number of nitro groups is 1. The molecule has 166 valence electrons. The number of nitrogens with one attached hydrogen (secondary N) is 1. The number of carbonyl (C=O) groups is 2. The van der Waals surface area contributed by atoms with Crippen molar-refractivity contribution >= 4 is 29.3 Å². The summed E-state index contributed by atoms with van der Waals surface area (Å²) in [6, 6.07) is 15.6. The second-order valence-electron chi connectivity index (χ2n) is 6.90. The van der Waals surface area contributed by atoms with E-state index in [-0.39, 0.29) is 35.0 Å². The van der Waals surface area contributed by atoms with Crippen LogP contribution in [0.15, 0.2) is 64.6 Å². The number of amides is 1. The summed E-state index contributed by atoms with van der Waals surface area (Å²) in [5, 5.41) is 23.3. The Morgan fingerprint density at radius 1 is 1.18 bits per heavy atom. The van der Waals surface area contributed by atoms with Crippen molar-refractivity contribution in [2.24, 2.45) is 0 Å². The van der Waals surface area contributed by atoms with Gasteiger partial charge in [0.1, 0.15) is 23.2 Å². The van der Waals surface area contributed by atoms with E-state index >= 15 is 0 Å². The highest BCUT2D eigenvalue weighted by molar-refractivity contribution is 6.09. The highest BCUT2D eigenvalue weighted by Gasteiger charge is 2.19. The zero-order valence-corrected chi connectivity index (χ0v) is 17.8. The number of ether oxygens (including phenoxy) is 1. The van der Waals surface area contributed by atoms with Crippen LogP contribution in [0, 0.1) is 28.4 Å². The fourth-order valence-electron chi connectivity index (χ4n) is 2.97. The second kappa shape index (κ2) is 10.1. The number of aryl methyl sites for hydroxylation is 1. The molecule has 1 aromatic heterocycles. The number of nitriles is 1. The van der Waals surface area contributed by atoms with Gasteiger partial charge in [0.15, 0.2) is 0 Å². The molecule has 0 radical (unpaired) electrons. The molecule has 0 spiro atoms. The molecular formula is C24H19N3O6. The molecule has 0 bridgehead atoms. The molecule has 9 nitrogen and oxygen atoms in total. The highest BCUT2D eigenvalue weighted by Crippen LogP contribution is 2.32. The van der Waals surface area contributed by atoms with E-state index in [0.29, 0.717) is 11.3 Å². The van der Waals surface area contributed by atoms with Gasteiger partial charge in [0, 0.05) is 17.8 Å². The smallest absolute Gasteiger partial charge is 0.338 e. The molecule has 0 aliphatic carbocycles. The van der Waals surface area contributed by atoms with Crippen LogP contribution in [-0.2, 0) is 9.53 Å². The molecule has 2 aromatic carbocycles. The van der Waals surface area contributed by atoms with Crippen molar-refractivity contribution in [3.05, 3.63) is 87.2 Å². The van der Waals surface area contributed by atoms with E-state index in [1.165, 1.54) is 48.5 Å². The molecule has 33 heavy (non-hydrogen) atoms. The normalized spacial score (nSPS) is 10.9. The zero-order chi connectivity index (χ0) is 24.0. The highest BCUT2D eigenvalue weighted by atomic mass is 16.6. The maximum atomic E-state index is 12.5. The molecule has 3 rings (SSSR count). The van der Waals surface area contributed by atoms with Gasteiger partial charge in [-0.05, 0) is 61.9 Å². The lowest BCUT2D eigenvalue weighted by Gasteiger charge is -2.06. The van der Waals surface area contributed by atoms with E-state index in [0.717, 1.165) is 5.56 Å². The summed E-state index contributed by atoms with van der Waals surface area (Å²) < 4.78 is 10.5. The first-order valence-electron chi connectivity index (χ1n) is 9.88. The van der Waals surface area contributed by atoms with E-state index < -0.39 is 16.8 Å². The Kier molecular flexibility index (Phi) is 7.00. The minimum absolute atomic E-state index is 0.107.